The standard InChI is InChI=1S/C17H8F3NO5/c18-17(19,20)16-12(7-9-3-1-2-4-13(9)25-16)15(22)11-8-10(21(23)24)5-6-14(11)26-16/h1-8H. The van der Waals surface area contributed by atoms with E-state index in [1.165, 1.54) is 18.2 Å². The molecule has 1 atom stereocenters. The Hall–Kier alpha value is -3.36. The Morgan fingerprint density at radius 2 is 1.73 bits per heavy atom. The number of carbonyl (C=O) groups is 1. The minimum Gasteiger partial charge on any atom is -0.440 e. The molecule has 2 aliphatic heterocycles. The number of nitrogens with zero attached hydrogens (tertiary/aromatic N) is 1. The maximum absolute atomic E-state index is 13.9. The Balaban J connectivity index is 1.97. The monoisotopic (exact) mass is 363 g/mol. The van der Waals surface area contributed by atoms with E-state index in [1.54, 1.807) is 6.07 Å². The molecule has 0 saturated heterocycles. The van der Waals surface area contributed by atoms with Gasteiger partial charge in [-0.15, -0.1) is 0 Å². The summed E-state index contributed by atoms with van der Waals surface area (Å²) >= 11 is 0. The van der Waals surface area contributed by atoms with Crippen LogP contribution in [0.5, 0.6) is 11.5 Å². The molecule has 4 rings (SSSR count). The molecule has 132 valence electrons. The van der Waals surface area contributed by atoms with Gasteiger partial charge in [-0.3, -0.25) is 14.9 Å². The zero-order valence-electron chi connectivity index (χ0n) is 12.7. The Bertz CT molecular complexity index is 998. The fourth-order valence-corrected chi connectivity index (χ4v) is 2.91. The summed E-state index contributed by atoms with van der Waals surface area (Å²) in [6, 6.07) is 8.69. The van der Waals surface area contributed by atoms with Gasteiger partial charge in [0.2, 0.25) is 5.78 Å². The zero-order chi connectivity index (χ0) is 18.7. The molecule has 2 aromatic carbocycles. The Morgan fingerprint density at radius 1 is 1.04 bits per heavy atom. The molecule has 0 bridgehead atoms. The lowest BCUT2D eigenvalue weighted by atomic mass is 9.88. The topological polar surface area (TPSA) is 78.7 Å². The average Bonchev–Trinajstić information content (AvgIpc) is 2.59. The largest absolute Gasteiger partial charge is 0.473 e. The number of hydrogen-bond donors (Lipinski definition) is 0. The highest BCUT2D eigenvalue weighted by molar-refractivity contribution is 6.16. The Morgan fingerprint density at radius 3 is 2.42 bits per heavy atom. The Labute approximate surface area is 143 Å². The second kappa shape index (κ2) is 5.07. The average molecular weight is 363 g/mol. The van der Waals surface area contributed by atoms with Gasteiger partial charge in [0.15, 0.2) is 0 Å². The van der Waals surface area contributed by atoms with Crippen molar-refractivity contribution < 1.29 is 32.4 Å². The van der Waals surface area contributed by atoms with Gasteiger partial charge in [-0.1, -0.05) is 18.2 Å². The second-order valence-electron chi connectivity index (χ2n) is 5.68. The summed E-state index contributed by atoms with van der Waals surface area (Å²) in [7, 11) is 0. The molecular weight excluding hydrogens is 355 g/mol. The molecular formula is C17H8F3NO5. The maximum atomic E-state index is 13.9. The van der Waals surface area contributed by atoms with E-state index in [0.717, 1.165) is 24.3 Å². The van der Waals surface area contributed by atoms with Gasteiger partial charge < -0.3 is 9.47 Å². The number of ether oxygens (including phenoxy) is 2. The molecule has 2 aliphatic rings. The normalized spacial score (nSPS) is 20.7. The van der Waals surface area contributed by atoms with Gasteiger partial charge in [0.1, 0.15) is 11.5 Å². The third-order valence-electron chi connectivity index (χ3n) is 4.12. The van der Waals surface area contributed by atoms with Gasteiger partial charge in [0.05, 0.1) is 16.1 Å². The molecule has 26 heavy (non-hydrogen) atoms. The fourth-order valence-electron chi connectivity index (χ4n) is 2.91. The van der Waals surface area contributed by atoms with Gasteiger partial charge in [0.25, 0.3) is 5.69 Å². The maximum Gasteiger partial charge on any atom is 0.473 e. The van der Waals surface area contributed by atoms with Crippen LogP contribution in [0.2, 0.25) is 0 Å². The predicted molar refractivity (Wildman–Crippen MR) is 81.9 cm³/mol. The molecule has 0 amide bonds. The second-order valence-corrected chi connectivity index (χ2v) is 5.68. The summed E-state index contributed by atoms with van der Waals surface area (Å²) in [5.41, 5.74) is -1.27. The molecule has 0 aliphatic carbocycles. The van der Waals surface area contributed by atoms with Crippen molar-refractivity contribution in [3.63, 3.8) is 0 Å². The van der Waals surface area contributed by atoms with E-state index in [-0.39, 0.29) is 16.9 Å². The number of alkyl halides is 3. The van der Waals surface area contributed by atoms with Crippen molar-refractivity contribution in [3.8, 4) is 11.5 Å². The van der Waals surface area contributed by atoms with Crippen LogP contribution in [0.3, 0.4) is 0 Å². The number of nitro groups is 1. The first-order valence-electron chi connectivity index (χ1n) is 7.32. The highest BCUT2D eigenvalue weighted by atomic mass is 19.4. The third kappa shape index (κ3) is 2.10. The van der Waals surface area contributed by atoms with E-state index in [9.17, 15) is 28.1 Å². The highest BCUT2D eigenvalue weighted by Gasteiger charge is 2.68. The number of para-hydroxylation sites is 1. The van der Waals surface area contributed by atoms with Crippen molar-refractivity contribution in [2.75, 3.05) is 0 Å². The predicted octanol–water partition coefficient (Wildman–Crippen LogP) is 3.90. The number of nitro benzene ring substituents is 1. The van der Waals surface area contributed by atoms with Crippen LogP contribution in [-0.4, -0.2) is 22.7 Å². The van der Waals surface area contributed by atoms with E-state index in [4.69, 9.17) is 9.47 Å². The molecule has 0 saturated carbocycles. The third-order valence-corrected chi connectivity index (χ3v) is 4.12. The number of fused-ring (bicyclic) bond motifs is 3. The first-order chi connectivity index (χ1) is 12.2. The first kappa shape index (κ1) is 16.1. The molecule has 0 radical (unpaired) electrons. The van der Waals surface area contributed by atoms with Crippen molar-refractivity contribution in [2.45, 2.75) is 12.0 Å². The first-order valence-corrected chi connectivity index (χ1v) is 7.32. The molecule has 0 N–H and O–H groups in total. The van der Waals surface area contributed by atoms with Crippen LogP contribution >= 0.6 is 0 Å². The van der Waals surface area contributed by atoms with Gasteiger partial charge in [-0.2, -0.15) is 13.2 Å². The van der Waals surface area contributed by atoms with Crippen LogP contribution in [0, 0.1) is 10.1 Å². The van der Waals surface area contributed by atoms with Gasteiger partial charge in [0, 0.05) is 17.7 Å². The smallest absolute Gasteiger partial charge is 0.440 e. The number of halogens is 3. The number of hydrogen-bond acceptors (Lipinski definition) is 5. The highest BCUT2D eigenvalue weighted by Crippen LogP contribution is 2.50. The van der Waals surface area contributed by atoms with Gasteiger partial charge in [-0.05, 0) is 18.2 Å². The van der Waals surface area contributed by atoms with Crippen molar-refractivity contribution in [1.82, 2.24) is 0 Å². The van der Waals surface area contributed by atoms with Crippen molar-refractivity contribution in [1.29, 1.82) is 0 Å². The summed E-state index contributed by atoms with van der Waals surface area (Å²) in [5.74, 6) is -4.87. The van der Waals surface area contributed by atoms with Crippen molar-refractivity contribution in [2.24, 2.45) is 0 Å². The van der Waals surface area contributed by atoms with Crippen LogP contribution in [0.25, 0.3) is 6.08 Å². The molecule has 0 aromatic heterocycles. The van der Waals surface area contributed by atoms with Crippen LogP contribution < -0.4 is 9.47 Å². The molecule has 2 heterocycles. The molecule has 1 unspecified atom stereocenters. The molecule has 6 nitrogen and oxygen atoms in total. The van der Waals surface area contributed by atoms with E-state index in [0.29, 0.717) is 0 Å². The molecule has 0 fully saturated rings. The van der Waals surface area contributed by atoms with Crippen LogP contribution in [0.1, 0.15) is 15.9 Å². The van der Waals surface area contributed by atoms with Crippen LogP contribution in [0.4, 0.5) is 18.9 Å². The Kier molecular flexibility index (Phi) is 3.15. The van der Waals surface area contributed by atoms with Gasteiger partial charge >= 0.3 is 12.0 Å². The van der Waals surface area contributed by atoms with E-state index in [1.807, 2.05) is 0 Å². The quantitative estimate of drug-likeness (QED) is 0.567. The number of carbonyl (C=O) groups excluding carboxylic acids is 1. The summed E-state index contributed by atoms with van der Waals surface area (Å²) in [4.78, 5) is 22.9. The number of benzene rings is 2. The zero-order valence-corrected chi connectivity index (χ0v) is 12.7. The van der Waals surface area contributed by atoms with E-state index >= 15 is 0 Å². The summed E-state index contributed by atoms with van der Waals surface area (Å²) in [6.45, 7) is 0. The lowest BCUT2D eigenvalue weighted by Gasteiger charge is -2.42. The van der Waals surface area contributed by atoms with Crippen LogP contribution in [-0.2, 0) is 0 Å². The minimum atomic E-state index is -5.07. The number of non-ortho nitro benzene ring substituents is 1. The number of Topliss-reactive ketones (excluding diaryl/α,β-unsaturated/α-hetero) is 1. The molecule has 0 spiro atoms. The summed E-state index contributed by atoms with van der Waals surface area (Å²) < 4.78 is 51.9. The van der Waals surface area contributed by atoms with E-state index in [2.05, 4.69) is 0 Å². The molecule has 2 aromatic rings. The number of ketones is 1. The van der Waals surface area contributed by atoms with E-state index < -0.39 is 39.7 Å². The number of rotatable bonds is 1. The lowest BCUT2D eigenvalue weighted by molar-refractivity contribution is -0.385. The minimum absolute atomic E-state index is 0.0910. The van der Waals surface area contributed by atoms with Crippen LogP contribution in [0.15, 0.2) is 48.0 Å². The lowest BCUT2D eigenvalue weighted by Crippen LogP contribution is -2.60. The summed E-state index contributed by atoms with van der Waals surface area (Å²) in [5, 5.41) is 10.9. The summed E-state index contributed by atoms with van der Waals surface area (Å²) in [6.07, 6.45) is -4.03. The SMILES string of the molecule is O=C1C2=Cc3ccccc3OC2(C(F)(F)F)Oc2ccc([N+](=O)[O-])cc21. The van der Waals surface area contributed by atoms with Gasteiger partial charge in [-0.25, -0.2) is 0 Å². The fraction of sp³-hybridized carbons (Fsp3) is 0.118. The van der Waals surface area contributed by atoms with Crippen molar-refractivity contribution in [3.05, 3.63) is 69.3 Å². The van der Waals surface area contributed by atoms with Crippen molar-refractivity contribution >= 4 is 17.5 Å². The molecule has 9 heteroatoms.